The molecule has 1 aliphatic heterocycles. The summed E-state index contributed by atoms with van der Waals surface area (Å²) in [5.41, 5.74) is 0.897. The zero-order valence-electron chi connectivity index (χ0n) is 17.8. The maximum absolute atomic E-state index is 13.6. The van der Waals surface area contributed by atoms with Crippen molar-refractivity contribution in [1.29, 1.82) is 5.26 Å². The molecule has 1 aliphatic rings. The molecule has 1 fully saturated rings. The van der Waals surface area contributed by atoms with Crippen LogP contribution in [0.5, 0.6) is 5.75 Å². The van der Waals surface area contributed by atoms with Crippen LogP contribution in [0.3, 0.4) is 0 Å². The van der Waals surface area contributed by atoms with Crippen LogP contribution in [0.4, 0.5) is 4.39 Å². The van der Waals surface area contributed by atoms with Crippen molar-refractivity contribution < 1.29 is 31.2 Å². The summed E-state index contributed by atoms with van der Waals surface area (Å²) < 4.78 is 69.1. The van der Waals surface area contributed by atoms with Crippen LogP contribution in [0, 0.1) is 17.1 Å². The molecule has 1 aromatic heterocycles. The van der Waals surface area contributed by atoms with Crippen molar-refractivity contribution in [2.24, 2.45) is 0 Å². The Bertz CT molecular complexity index is 1350. The molecule has 9 nitrogen and oxygen atoms in total. The average Bonchev–Trinajstić information content (AvgIpc) is 3.24. The normalized spacial score (nSPS) is 15.2. The van der Waals surface area contributed by atoms with Gasteiger partial charge in [0.05, 0.1) is 18.8 Å². The van der Waals surface area contributed by atoms with Crippen molar-refractivity contribution in [3.05, 3.63) is 59.4 Å². The molecule has 3 aromatic rings. The smallest absolute Gasteiger partial charge is 0.379 e. The summed E-state index contributed by atoms with van der Waals surface area (Å²) >= 11 is 1.11. The van der Waals surface area contributed by atoms with Gasteiger partial charge < -0.3 is 4.74 Å². The number of thiophene rings is 1. The van der Waals surface area contributed by atoms with E-state index in [1.54, 1.807) is 12.1 Å². The standard InChI is InChI=1S/C21H20FN3O6PS2/c22-19-11-18(3-2-16(19)12-23)31-32(26)30-14-24-34(27,28)21-10-17-9-15(1-4-20(17)33-21)13-25-5-7-29-8-6-25/h1-4,9-11,24H,5-8,13-14H2/q+1. The van der Waals surface area contributed by atoms with Gasteiger partial charge in [0.25, 0.3) is 10.0 Å². The van der Waals surface area contributed by atoms with E-state index >= 15 is 0 Å². The Morgan fingerprint density at radius 2 is 2.00 bits per heavy atom. The third-order valence-electron chi connectivity index (χ3n) is 4.99. The number of halogens is 1. The van der Waals surface area contributed by atoms with Crippen molar-refractivity contribution in [2.75, 3.05) is 33.0 Å². The third-order valence-corrected chi connectivity index (χ3v) is 8.66. The lowest BCUT2D eigenvalue weighted by atomic mass is 10.1. The second-order valence-electron chi connectivity index (χ2n) is 7.32. The number of rotatable bonds is 9. The highest BCUT2D eigenvalue weighted by Crippen LogP contribution is 2.31. The minimum Gasteiger partial charge on any atom is -0.379 e. The number of ether oxygens (including phenoxy) is 1. The van der Waals surface area contributed by atoms with Crippen LogP contribution < -0.4 is 9.25 Å². The minimum atomic E-state index is -3.91. The monoisotopic (exact) mass is 524 g/mol. The van der Waals surface area contributed by atoms with E-state index in [1.165, 1.54) is 12.1 Å². The highest BCUT2D eigenvalue weighted by molar-refractivity contribution is 7.91. The van der Waals surface area contributed by atoms with Gasteiger partial charge in [-0.05, 0) is 41.3 Å². The van der Waals surface area contributed by atoms with E-state index < -0.39 is 30.8 Å². The molecule has 0 radical (unpaired) electrons. The van der Waals surface area contributed by atoms with E-state index in [9.17, 15) is 17.4 Å². The fraction of sp³-hybridized carbons (Fsp3) is 0.286. The number of nitrogens with zero attached hydrogens (tertiary/aromatic N) is 2. The van der Waals surface area contributed by atoms with Crippen LogP contribution in [0.15, 0.2) is 46.7 Å². The van der Waals surface area contributed by atoms with Gasteiger partial charge in [-0.15, -0.1) is 11.3 Å². The largest absolute Gasteiger partial charge is 0.751 e. The molecule has 2 aromatic carbocycles. The van der Waals surface area contributed by atoms with Crippen LogP contribution >= 0.6 is 19.6 Å². The Balaban J connectivity index is 1.34. The molecule has 0 saturated carbocycles. The third kappa shape index (κ3) is 6.14. The molecular formula is C21H20FN3O6PS2+. The predicted octanol–water partition coefficient (Wildman–Crippen LogP) is 3.73. The zero-order valence-corrected chi connectivity index (χ0v) is 20.3. The number of nitriles is 1. The minimum absolute atomic E-state index is 0.0972. The maximum Gasteiger partial charge on any atom is 0.751 e. The Labute approximate surface area is 200 Å². The van der Waals surface area contributed by atoms with Crippen molar-refractivity contribution in [3.8, 4) is 11.8 Å². The van der Waals surface area contributed by atoms with Crippen molar-refractivity contribution in [1.82, 2.24) is 9.62 Å². The molecule has 34 heavy (non-hydrogen) atoms. The summed E-state index contributed by atoms with van der Waals surface area (Å²) in [4.78, 5) is 2.28. The van der Waals surface area contributed by atoms with E-state index in [-0.39, 0.29) is 15.5 Å². The Morgan fingerprint density at radius 3 is 2.74 bits per heavy atom. The van der Waals surface area contributed by atoms with Gasteiger partial charge in [-0.25, -0.2) is 17.3 Å². The first-order valence-electron chi connectivity index (χ1n) is 10.1. The fourth-order valence-electron chi connectivity index (χ4n) is 3.30. The molecule has 4 rings (SSSR count). The van der Waals surface area contributed by atoms with Gasteiger partial charge in [0.1, 0.15) is 16.1 Å². The molecule has 178 valence electrons. The van der Waals surface area contributed by atoms with Crippen LogP contribution in [-0.4, -0.2) is 46.4 Å². The summed E-state index contributed by atoms with van der Waals surface area (Å²) in [6.45, 7) is 3.29. The van der Waals surface area contributed by atoms with E-state index in [1.807, 2.05) is 18.2 Å². The number of fused-ring (bicyclic) bond motifs is 1. The summed E-state index contributed by atoms with van der Waals surface area (Å²) in [6.07, 6.45) is 0. The first kappa shape index (κ1) is 24.6. The molecule has 13 heteroatoms. The lowest BCUT2D eigenvalue weighted by molar-refractivity contribution is 0.0342. The zero-order chi connectivity index (χ0) is 24.1. The second-order valence-corrected chi connectivity index (χ2v) is 11.3. The summed E-state index contributed by atoms with van der Waals surface area (Å²) in [6, 6.07) is 12.4. The molecule has 2 heterocycles. The van der Waals surface area contributed by atoms with Gasteiger partial charge in [0.2, 0.25) is 0 Å². The molecule has 1 saturated heterocycles. The van der Waals surface area contributed by atoms with Gasteiger partial charge >= 0.3 is 8.25 Å². The van der Waals surface area contributed by atoms with Gasteiger partial charge in [-0.1, -0.05) is 10.6 Å². The fourth-order valence-corrected chi connectivity index (χ4v) is 6.19. The molecule has 0 bridgehead atoms. The molecule has 0 aliphatic carbocycles. The van der Waals surface area contributed by atoms with E-state index in [0.717, 1.165) is 52.7 Å². The number of sulfonamides is 1. The molecular weight excluding hydrogens is 504 g/mol. The Morgan fingerprint density at radius 1 is 1.21 bits per heavy atom. The molecule has 0 spiro atoms. The van der Waals surface area contributed by atoms with Crippen molar-refractivity contribution >= 4 is 39.7 Å². The number of morpholine rings is 1. The molecule has 1 unspecified atom stereocenters. The first-order valence-corrected chi connectivity index (χ1v) is 13.5. The van der Waals surface area contributed by atoms with Gasteiger partial charge in [0.15, 0.2) is 12.5 Å². The SMILES string of the molecule is N#Cc1ccc(O[P+](=O)OCNS(=O)(=O)c2cc3cc(CN4CCOCC4)ccc3s2)cc1F. The lowest BCUT2D eigenvalue weighted by Gasteiger charge is -2.26. The van der Waals surface area contributed by atoms with Crippen LogP contribution in [-0.2, 0) is 30.4 Å². The van der Waals surface area contributed by atoms with Gasteiger partial charge in [0, 0.05) is 35.0 Å². The van der Waals surface area contributed by atoms with Gasteiger partial charge in [-0.3, -0.25) is 4.90 Å². The highest BCUT2D eigenvalue weighted by atomic mass is 32.2. The van der Waals surface area contributed by atoms with Crippen molar-refractivity contribution in [2.45, 2.75) is 10.8 Å². The van der Waals surface area contributed by atoms with Crippen LogP contribution in [0.2, 0.25) is 0 Å². The van der Waals surface area contributed by atoms with Crippen molar-refractivity contribution in [3.63, 3.8) is 0 Å². The maximum atomic E-state index is 13.6. The first-order chi connectivity index (χ1) is 16.3. The lowest BCUT2D eigenvalue weighted by Crippen LogP contribution is -2.35. The van der Waals surface area contributed by atoms with Crippen LogP contribution in [0.25, 0.3) is 10.1 Å². The molecule has 1 atom stereocenters. The topological polar surface area (TPSA) is 118 Å². The van der Waals surface area contributed by atoms with Crippen LogP contribution in [0.1, 0.15) is 11.1 Å². The Kier molecular flexibility index (Phi) is 7.85. The van der Waals surface area contributed by atoms with E-state index in [2.05, 4.69) is 9.62 Å². The summed E-state index contributed by atoms with van der Waals surface area (Å²) in [5, 5.41) is 9.53. The second kappa shape index (κ2) is 10.8. The molecule has 0 amide bonds. The average molecular weight is 525 g/mol. The summed E-state index contributed by atoms with van der Waals surface area (Å²) in [7, 11) is -6.68. The van der Waals surface area contributed by atoms with E-state index in [0.29, 0.717) is 13.2 Å². The Hall–Kier alpha value is -2.49. The summed E-state index contributed by atoms with van der Waals surface area (Å²) in [5.74, 6) is -0.945. The number of hydrogen-bond donors (Lipinski definition) is 1. The number of nitrogens with one attached hydrogen (secondary N) is 1. The number of benzene rings is 2. The highest BCUT2D eigenvalue weighted by Gasteiger charge is 2.25. The number of hydrogen-bond acceptors (Lipinski definition) is 9. The van der Waals surface area contributed by atoms with Gasteiger partial charge in [-0.2, -0.15) is 9.98 Å². The molecule has 1 N–H and O–H groups in total. The predicted molar refractivity (Wildman–Crippen MR) is 124 cm³/mol. The van der Waals surface area contributed by atoms with E-state index in [4.69, 9.17) is 19.0 Å². The quantitative estimate of drug-likeness (QED) is 0.332.